The van der Waals surface area contributed by atoms with Crippen molar-refractivity contribution in [2.75, 3.05) is 20.3 Å². The largest absolute Gasteiger partial charge is 0.493 e. The zero-order chi connectivity index (χ0) is 17.4. The molecule has 2 amide bonds. The van der Waals surface area contributed by atoms with Gasteiger partial charge in [-0.15, -0.1) is 11.3 Å². The van der Waals surface area contributed by atoms with E-state index in [2.05, 4.69) is 10.6 Å². The van der Waals surface area contributed by atoms with Gasteiger partial charge in [0.05, 0.1) is 18.5 Å². The molecule has 2 rings (SSSR count). The molecule has 1 atom stereocenters. The minimum absolute atomic E-state index is 0.252. The van der Waals surface area contributed by atoms with E-state index in [0.29, 0.717) is 29.5 Å². The lowest BCUT2D eigenvalue weighted by Crippen LogP contribution is -2.45. The van der Waals surface area contributed by atoms with Crippen LogP contribution in [0.15, 0.2) is 41.8 Å². The van der Waals surface area contributed by atoms with Crippen molar-refractivity contribution < 1.29 is 19.1 Å². The third kappa shape index (κ3) is 4.99. The molecule has 7 heteroatoms. The van der Waals surface area contributed by atoms with Crippen molar-refractivity contribution in [2.24, 2.45) is 0 Å². The number of carbonyl (C=O) groups is 2. The summed E-state index contributed by atoms with van der Waals surface area (Å²) in [5.41, 5.74) is 0. The van der Waals surface area contributed by atoms with E-state index in [1.807, 2.05) is 17.5 Å². The van der Waals surface area contributed by atoms with Crippen LogP contribution >= 0.6 is 11.3 Å². The molecule has 1 aromatic carbocycles. The molecule has 0 radical (unpaired) electrons. The predicted molar refractivity (Wildman–Crippen MR) is 92.7 cm³/mol. The van der Waals surface area contributed by atoms with E-state index in [1.54, 1.807) is 38.3 Å². The summed E-state index contributed by atoms with van der Waals surface area (Å²) in [5, 5.41) is 7.20. The molecule has 24 heavy (non-hydrogen) atoms. The molecule has 2 N–H and O–H groups in total. The van der Waals surface area contributed by atoms with Gasteiger partial charge in [0, 0.05) is 0 Å². The van der Waals surface area contributed by atoms with Gasteiger partial charge >= 0.3 is 0 Å². The fourth-order valence-electron chi connectivity index (χ4n) is 1.97. The summed E-state index contributed by atoms with van der Waals surface area (Å²) in [6, 6.07) is 10.2. The summed E-state index contributed by atoms with van der Waals surface area (Å²) < 4.78 is 10.8. The first kappa shape index (κ1) is 17.8. The molecule has 1 heterocycles. The average Bonchev–Trinajstić information content (AvgIpc) is 3.13. The van der Waals surface area contributed by atoms with Crippen LogP contribution in [0.5, 0.6) is 11.5 Å². The van der Waals surface area contributed by atoms with Crippen LogP contribution in [0, 0.1) is 0 Å². The van der Waals surface area contributed by atoms with Gasteiger partial charge in [0.1, 0.15) is 12.6 Å². The maximum atomic E-state index is 12.0. The van der Waals surface area contributed by atoms with Crippen molar-refractivity contribution in [1.82, 2.24) is 10.6 Å². The Labute approximate surface area is 144 Å². The van der Waals surface area contributed by atoms with E-state index >= 15 is 0 Å². The minimum Gasteiger partial charge on any atom is -0.493 e. The van der Waals surface area contributed by atoms with Gasteiger partial charge in [-0.25, -0.2) is 0 Å². The molecule has 128 valence electrons. The third-order valence-electron chi connectivity index (χ3n) is 3.21. The number of carbonyl (C=O) groups excluding carboxylic acids is 2. The maximum absolute atomic E-state index is 12.0. The van der Waals surface area contributed by atoms with E-state index in [-0.39, 0.29) is 11.8 Å². The van der Waals surface area contributed by atoms with E-state index in [9.17, 15) is 9.59 Å². The highest BCUT2D eigenvalue weighted by Crippen LogP contribution is 2.25. The predicted octanol–water partition coefficient (Wildman–Crippen LogP) is 2.07. The van der Waals surface area contributed by atoms with Gasteiger partial charge in [-0.1, -0.05) is 18.2 Å². The highest BCUT2D eigenvalue weighted by Gasteiger charge is 2.16. The number of benzene rings is 1. The Morgan fingerprint density at radius 2 is 1.92 bits per heavy atom. The van der Waals surface area contributed by atoms with Crippen molar-refractivity contribution in [3.8, 4) is 11.5 Å². The molecule has 0 aliphatic heterocycles. The first-order valence-corrected chi connectivity index (χ1v) is 8.37. The molecule has 0 bridgehead atoms. The Bertz CT molecular complexity index is 673. The second-order valence-corrected chi connectivity index (χ2v) is 5.91. The lowest BCUT2D eigenvalue weighted by Gasteiger charge is -2.14. The van der Waals surface area contributed by atoms with Gasteiger partial charge in [0.15, 0.2) is 11.5 Å². The third-order valence-corrected chi connectivity index (χ3v) is 4.08. The number of hydrogen-bond donors (Lipinski definition) is 2. The molecule has 1 unspecified atom stereocenters. The lowest BCUT2D eigenvalue weighted by molar-refractivity contribution is -0.122. The molecule has 0 fully saturated rings. The second kappa shape index (κ2) is 8.93. The van der Waals surface area contributed by atoms with Crippen LogP contribution < -0.4 is 20.1 Å². The zero-order valence-electron chi connectivity index (χ0n) is 13.6. The number of amides is 2. The number of para-hydroxylation sites is 2. The lowest BCUT2D eigenvalue weighted by atomic mass is 10.3. The van der Waals surface area contributed by atoms with Crippen molar-refractivity contribution in [1.29, 1.82) is 0 Å². The van der Waals surface area contributed by atoms with Crippen LogP contribution in [-0.4, -0.2) is 38.1 Å². The van der Waals surface area contributed by atoms with Crippen molar-refractivity contribution >= 4 is 23.2 Å². The molecule has 6 nitrogen and oxygen atoms in total. The highest BCUT2D eigenvalue weighted by molar-refractivity contribution is 7.12. The van der Waals surface area contributed by atoms with Gasteiger partial charge < -0.3 is 20.1 Å². The topological polar surface area (TPSA) is 76.7 Å². The Morgan fingerprint density at radius 3 is 2.58 bits per heavy atom. The van der Waals surface area contributed by atoms with Crippen LogP contribution in [0.3, 0.4) is 0 Å². The summed E-state index contributed by atoms with van der Waals surface area (Å²) in [7, 11) is 1.57. The van der Waals surface area contributed by atoms with Crippen molar-refractivity contribution in [3.63, 3.8) is 0 Å². The van der Waals surface area contributed by atoms with Gasteiger partial charge in [-0.2, -0.15) is 0 Å². The number of methoxy groups -OCH3 is 1. The summed E-state index contributed by atoms with van der Waals surface area (Å²) in [4.78, 5) is 24.4. The highest BCUT2D eigenvalue weighted by atomic mass is 32.1. The number of ether oxygens (including phenoxy) is 2. The Kier molecular flexibility index (Phi) is 6.62. The smallest absolute Gasteiger partial charge is 0.261 e. The van der Waals surface area contributed by atoms with Gasteiger partial charge in [-0.05, 0) is 30.5 Å². The molecule has 0 aliphatic carbocycles. The summed E-state index contributed by atoms with van der Waals surface area (Å²) in [6.07, 6.45) is 0. The van der Waals surface area contributed by atoms with E-state index in [0.717, 1.165) is 0 Å². The normalized spacial score (nSPS) is 11.4. The molecular formula is C17H20N2O4S. The number of hydrogen-bond acceptors (Lipinski definition) is 5. The van der Waals surface area contributed by atoms with Gasteiger partial charge in [0.25, 0.3) is 5.91 Å². The van der Waals surface area contributed by atoms with Gasteiger partial charge in [-0.3, -0.25) is 9.59 Å². The fraction of sp³-hybridized carbons (Fsp3) is 0.294. The van der Waals surface area contributed by atoms with Crippen molar-refractivity contribution in [3.05, 3.63) is 46.7 Å². The van der Waals surface area contributed by atoms with Crippen LogP contribution in [0.2, 0.25) is 0 Å². The Balaban J connectivity index is 1.71. The zero-order valence-corrected chi connectivity index (χ0v) is 14.4. The average molecular weight is 348 g/mol. The standard InChI is InChI=1S/C17H20N2O4S/c1-12(19-17(21)15-8-5-11-24-15)16(20)18-9-10-23-14-7-4-3-6-13(14)22-2/h3-8,11-12H,9-10H2,1-2H3,(H,18,20)(H,19,21). The first-order chi connectivity index (χ1) is 11.6. The summed E-state index contributed by atoms with van der Waals surface area (Å²) in [5.74, 6) is 0.746. The monoisotopic (exact) mass is 348 g/mol. The van der Waals surface area contributed by atoms with E-state index < -0.39 is 6.04 Å². The van der Waals surface area contributed by atoms with Crippen LogP contribution in [0.4, 0.5) is 0 Å². The van der Waals surface area contributed by atoms with Crippen LogP contribution in [-0.2, 0) is 4.79 Å². The molecule has 0 aliphatic rings. The minimum atomic E-state index is -0.620. The SMILES string of the molecule is COc1ccccc1OCCNC(=O)C(C)NC(=O)c1cccs1. The quantitative estimate of drug-likeness (QED) is 0.716. The van der Waals surface area contributed by atoms with Crippen LogP contribution in [0.1, 0.15) is 16.6 Å². The summed E-state index contributed by atoms with van der Waals surface area (Å²) >= 11 is 1.33. The van der Waals surface area contributed by atoms with E-state index in [4.69, 9.17) is 9.47 Å². The molecular weight excluding hydrogens is 328 g/mol. The van der Waals surface area contributed by atoms with Gasteiger partial charge in [0.2, 0.25) is 5.91 Å². The van der Waals surface area contributed by atoms with E-state index in [1.165, 1.54) is 11.3 Å². The molecule has 1 aromatic heterocycles. The molecule has 0 spiro atoms. The molecule has 2 aromatic rings. The fourth-order valence-corrected chi connectivity index (χ4v) is 2.59. The Hall–Kier alpha value is -2.54. The maximum Gasteiger partial charge on any atom is 0.261 e. The first-order valence-electron chi connectivity index (χ1n) is 7.49. The number of nitrogens with one attached hydrogen (secondary N) is 2. The number of thiophene rings is 1. The molecule has 0 saturated heterocycles. The Morgan fingerprint density at radius 1 is 1.17 bits per heavy atom. The number of rotatable bonds is 8. The van der Waals surface area contributed by atoms with Crippen molar-refractivity contribution in [2.45, 2.75) is 13.0 Å². The van der Waals surface area contributed by atoms with Crippen LogP contribution in [0.25, 0.3) is 0 Å². The molecule has 0 saturated carbocycles. The summed E-state index contributed by atoms with van der Waals surface area (Å²) in [6.45, 7) is 2.27. The second-order valence-electron chi connectivity index (χ2n) is 4.96.